The number of fused-ring (bicyclic) bond motifs is 5. The number of hydrogen-bond acceptors (Lipinski definition) is 35. The highest BCUT2D eigenvalue weighted by Crippen LogP contribution is 2.44. The lowest BCUT2D eigenvalue weighted by molar-refractivity contribution is -0.233. The normalized spacial score (nSPS) is 36.5. The Morgan fingerprint density at radius 2 is 1.00 bits per heavy atom. The fraction of sp³-hybridized carbons (Fsp3) is 0.856. The zero-order valence-corrected chi connectivity index (χ0v) is 78.9. The van der Waals surface area contributed by atoms with Gasteiger partial charge in [-0.2, -0.15) is 0 Å². The van der Waals surface area contributed by atoms with E-state index in [0.717, 1.165) is 127 Å². The Labute approximate surface area is 763 Å². The minimum atomic E-state index is -1.31. The first-order chi connectivity index (χ1) is 60.6. The summed E-state index contributed by atoms with van der Waals surface area (Å²) in [4.78, 5) is 16.3. The van der Waals surface area contributed by atoms with Crippen molar-refractivity contribution in [3.05, 3.63) is 54.1 Å². The van der Waals surface area contributed by atoms with Crippen LogP contribution in [0.3, 0.4) is 0 Å². The summed E-state index contributed by atoms with van der Waals surface area (Å²) < 4.78 is 130. The first-order valence-corrected chi connectivity index (χ1v) is 46.2. The first kappa shape index (κ1) is 108. The van der Waals surface area contributed by atoms with Crippen LogP contribution in [0.2, 0.25) is 6.82 Å². The summed E-state index contributed by atoms with van der Waals surface area (Å²) in [5.41, 5.74) is 1.01. The number of methoxy groups -OCH3 is 3. The molecule has 16 rings (SSSR count). The van der Waals surface area contributed by atoms with E-state index in [0.29, 0.717) is 39.5 Å². The molecule has 1 saturated carbocycles. The van der Waals surface area contributed by atoms with Crippen molar-refractivity contribution in [1.29, 1.82) is 0 Å². The Kier molecular flexibility index (Phi) is 44.2. The Hall–Kier alpha value is -3.42. The molecule has 36 nitrogen and oxygen atoms in total. The molecule has 0 aromatic heterocycles. The van der Waals surface area contributed by atoms with Gasteiger partial charge in [-0.3, -0.25) is 4.79 Å². The Morgan fingerprint density at radius 1 is 0.531 bits per heavy atom. The van der Waals surface area contributed by atoms with Crippen LogP contribution in [0, 0.1) is 5.92 Å². The third kappa shape index (κ3) is 32.1. The summed E-state index contributed by atoms with van der Waals surface area (Å²) in [6.45, 7) is 33.5. The van der Waals surface area contributed by atoms with Gasteiger partial charge < -0.3 is 170 Å². The molecule has 736 valence electrons. The highest BCUT2D eigenvalue weighted by molar-refractivity contribution is 6.45. The van der Waals surface area contributed by atoms with Crippen LogP contribution in [0.5, 0.6) is 11.5 Å². The highest BCUT2D eigenvalue weighted by atomic mass is 35.5. The molecule has 0 radical (unpaired) electrons. The van der Waals surface area contributed by atoms with E-state index in [-0.39, 0.29) is 161 Å². The number of nitrogens with zero attached hydrogens (tertiary/aromatic N) is 2. The smallest absolute Gasteiger partial charge is 0.376 e. The predicted molar refractivity (Wildman–Crippen MR) is 470 cm³/mol. The topological polar surface area (TPSA) is 422 Å². The Balaban J connectivity index is 0.000000174. The third-order valence-electron chi connectivity index (χ3n) is 24.5. The Morgan fingerprint density at radius 3 is 1.48 bits per heavy atom. The number of rotatable bonds is 26. The molecule has 14 fully saturated rings. The van der Waals surface area contributed by atoms with E-state index in [9.17, 15) is 35.4 Å². The van der Waals surface area contributed by atoms with Crippen LogP contribution in [0.25, 0.3) is 6.08 Å². The van der Waals surface area contributed by atoms with Gasteiger partial charge in [-0.05, 0) is 184 Å². The van der Waals surface area contributed by atoms with Gasteiger partial charge >= 0.3 is 7.05 Å². The van der Waals surface area contributed by atoms with Gasteiger partial charge in [0, 0.05) is 72.7 Å². The molecule has 10 N–H and O–H groups in total. The quantitative estimate of drug-likeness (QED) is 0.0310. The van der Waals surface area contributed by atoms with Gasteiger partial charge in [-0.1, -0.05) is 69.6 Å². The number of allylic oxidation sites excluding steroid dienone is 4. The summed E-state index contributed by atoms with van der Waals surface area (Å²) in [7, 11) is 4.36. The molecule has 15 aliphatic rings. The predicted octanol–water partition coefficient (Wildman–Crippen LogP) is 5.52. The summed E-state index contributed by atoms with van der Waals surface area (Å²) in [6.07, 6.45) is 17.0. The second-order valence-electron chi connectivity index (χ2n) is 36.7. The fourth-order valence-electron chi connectivity index (χ4n) is 17.9. The average molecular weight is 1850 g/mol. The lowest BCUT2D eigenvalue weighted by Gasteiger charge is -2.34. The van der Waals surface area contributed by atoms with Crippen molar-refractivity contribution in [2.45, 2.75) is 369 Å². The van der Waals surface area contributed by atoms with Gasteiger partial charge in [0.15, 0.2) is 66.1 Å². The molecule has 1 aromatic rings. The summed E-state index contributed by atoms with van der Waals surface area (Å²) in [5, 5.41) is 81.6. The largest absolute Gasteiger partial charge is 0.454 e. The summed E-state index contributed by atoms with van der Waals surface area (Å²) in [6, 6.07) is 5.76. The number of halogens is 1. The van der Waals surface area contributed by atoms with Crippen molar-refractivity contribution in [2.24, 2.45) is 5.92 Å². The Bertz CT molecular complexity index is 3420. The van der Waals surface area contributed by atoms with E-state index >= 15 is 0 Å². The first-order valence-electron chi connectivity index (χ1n) is 46.2. The molecule has 13 saturated heterocycles. The van der Waals surface area contributed by atoms with Crippen molar-refractivity contribution in [2.75, 3.05) is 120 Å². The maximum Gasteiger partial charge on any atom is 0.376 e. The number of benzene rings is 1. The summed E-state index contributed by atoms with van der Waals surface area (Å²) in [5.74, 6) is -1.04. The molecule has 1 aliphatic carbocycles. The second-order valence-corrected chi connectivity index (χ2v) is 36.7. The van der Waals surface area contributed by atoms with Gasteiger partial charge in [0.1, 0.15) is 85.5 Å². The van der Waals surface area contributed by atoms with Crippen LogP contribution < -0.4 is 20.1 Å². The average Bonchev–Trinajstić information content (AvgIpc) is 1.63. The number of ether oxygens (including phenoxy) is 23. The third-order valence-corrected chi connectivity index (χ3v) is 24.5. The zero-order valence-electron chi connectivity index (χ0n) is 78.1. The van der Waals surface area contributed by atoms with Gasteiger partial charge in [-0.15, -0.1) is 12.4 Å². The maximum absolute atomic E-state index is 12.5. The van der Waals surface area contributed by atoms with E-state index in [1.807, 2.05) is 117 Å². The van der Waals surface area contributed by atoms with Gasteiger partial charge in [0.25, 0.3) is 0 Å². The molecule has 128 heavy (non-hydrogen) atoms. The number of nitrogens with one attached hydrogen (secondary N) is 2. The monoisotopic (exact) mass is 1850 g/mol. The molecule has 1 aromatic carbocycles. The van der Waals surface area contributed by atoms with Gasteiger partial charge in [0.2, 0.25) is 12.7 Å². The molecular formula is C90H154BClN4O32. The molecule has 14 heterocycles. The SMILES string of the molecule is CC(O)C(O)C(C)COC1CCCN(C(=O)/C=C/C=C/C=C/c2ccc3c(c2)OCO3)C1.CCOC1OC(CC)C2OC(C)(C)OC12.COC1OC(CO)C2OC(C)(C)OC12.COC1OC(COC2CCCN(B(C)O)C2)C2OC(C)(C)OC12.COC1OC(COC2CCCNC2)C2OC(C)(C)OC12.Cl.OC1CCCCC1.OC1OC(COC2CCCNC2)C(O)C1O. The number of carbonyl (C=O) groups is 1. The van der Waals surface area contributed by atoms with Gasteiger partial charge in [0.05, 0.1) is 81.9 Å². The van der Waals surface area contributed by atoms with Crippen LogP contribution in [0.1, 0.15) is 179 Å². The molecule has 27 atom stereocenters. The molecule has 0 spiro atoms. The van der Waals surface area contributed by atoms with E-state index in [1.54, 1.807) is 52.1 Å². The second kappa shape index (κ2) is 52.2. The molecule has 1 amide bonds. The zero-order chi connectivity index (χ0) is 91.8. The number of aliphatic hydroxyl groups excluding tert-OH is 7. The number of piperidine rings is 4. The lowest BCUT2D eigenvalue weighted by Crippen LogP contribution is -2.47. The molecule has 0 bridgehead atoms. The highest BCUT2D eigenvalue weighted by Gasteiger charge is 2.59. The molecule has 14 aliphatic heterocycles. The van der Waals surface area contributed by atoms with Crippen LogP contribution in [-0.4, -0.2) is 372 Å². The number of amides is 1. The van der Waals surface area contributed by atoms with Crippen LogP contribution in [0.4, 0.5) is 0 Å². The van der Waals surface area contributed by atoms with E-state index in [4.69, 9.17) is 119 Å². The molecular weight excluding hydrogens is 1700 g/mol. The van der Waals surface area contributed by atoms with Gasteiger partial charge in [-0.25, -0.2) is 0 Å². The number of hydrogen-bond donors (Lipinski definition) is 10. The van der Waals surface area contributed by atoms with E-state index in [1.165, 1.54) is 19.3 Å². The van der Waals surface area contributed by atoms with Crippen LogP contribution >= 0.6 is 12.4 Å². The van der Waals surface area contributed by atoms with Crippen molar-refractivity contribution in [3.63, 3.8) is 0 Å². The van der Waals surface area contributed by atoms with E-state index < -0.39 is 79.6 Å². The summed E-state index contributed by atoms with van der Waals surface area (Å²) >= 11 is 0. The standard InChI is InChI=1S/C25H33NO6.C15H28BNO6.C14H25NO5.C11H20O4.C10H19NO5.C9H16O5.C6H12O.ClH/c1-18(25(29)19(2)27)16-30-21-9-7-13-26(15-21)24(28)10-6-4-3-5-8-20-11-12-22-23(14-20)32-17-31-22;1-15(2)22-12-11(21-14(19-4)13(12)23-15)9-20-10-6-5-7-17(8-10)16(3)18;1-14(2)19-11-10(18-13(16-3)12(11)20-14)8-17-9-5-4-6-15-7-9;1-5-7-8-9(10(13-7)12-6-2)15-11(3,4)14-8;12-8-7(16-10(14)9(8)13)5-15-6-2-1-3-11-4-6;1-9(2)13-6-5(4-10)12-8(11-3)7(6)14-9;7-6-4-2-1-3-5-6;/h3-6,8,10-12,14,18-19,21,25,27,29H,7,9,13,15-17H2,1-2H3;10-14,18H,5-9H2,1-4H3;9-13,15H,4-8H2,1-3H3;7-10H,5-6H2,1-4H3;6-14H,1-5H2;5-8,10H,4H2,1-3H3;6-7H,1-5H2;1H/b4-3+,8-5+,10-6+;;;;;;;. The van der Waals surface area contributed by atoms with Crippen molar-refractivity contribution >= 4 is 31.4 Å². The van der Waals surface area contributed by atoms with Crippen molar-refractivity contribution in [1.82, 2.24) is 20.3 Å². The lowest BCUT2D eigenvalue weighted by atomic mass is 9.82. The number of aliphatic hydroxyl groups is 7. The molecule has 38 heteroatoms. The number of carbonyl (C=O) groups excluding carboxylic acids is 1. The number of likely N-dealkylation sites (tertiary alicyclic amines) is 1. The molecule has 27 unspecified atom stereocenters. The van der Waals surface area contributed by atoms with Crippen molar-refractivity contribution < 1.29 is 155 Å². The van der Waals surface area contributed by atoms with Crippen LogP contribution in [0.15, 0.2) is 48.6 Å². The fourth-order valence-corrected chi connectivity index (χ4v) is 17.9. The maximum atomic E-state index is 12.5. The minimum Gasteiger partial charge on any atom is -0.454 e. The van der Waals surface area contributed by atoms with Crippen molar-refractivity contribution in [3.8, 4) is 11.5 Å². The van der Waals surface area contributed by atoms with Crippen LogP contribution in [-0.2, 0) is 104 Å². The minimum absolute atomic E-state index is 0. The van der Waals surface area contributed by atoms with E-state index in [2.05, 4.69) is 17.6 Å².